The van der Waals surface area contributed by atoms with Crippen molar-refractivity contribution in [2.24, 2.45) is 5.41 Å². The van der Waals surface area contributed by atoms with Crippen LogP contribution in [0.5, 0.6) is 0 Å². The van der Waals surface area contributed by atoms with Crippen molar-refractivity contribution in [3.8, 4) is 0 Å². The Hall–Kier alpha value is -2.53. The van der Waals surface area contributed by atoms with Crippen LogP contribution >= 0.6 is 0 Å². The maximum atomic E-state index is 12.9. The number of anilines is 3. The van der Waals surface area contributed by atoms with Crippen LogP contribution < -0.4 is 19.7 Å². The lowest BCUT2D eigenvalue weighted by Gasteiger charge is -2.28. The van der Waals surface area contributed by atoms with Crippen molar-refractivity contribution in [1.29, 1.82) is 0 Å². The highest BCUT2D eigenvalue weighted by atomic mass is 32.2. The molecule has 0 aliphatic carbocycles. The summed E-state index contributed by atoms with van der Waals surface area (Å²) in [5, 5.41) is 3.01. The van der Waals surface area contributed by atoms with Crippen molar-refractivity contribution in [3.05, 3.63) is 16.7 Å². The summed E-state index contributed by atoms with van der Waals surface area (Å²) in [5.74, 6) is -0.194. The second-order valence-electron chi connectivity index (χ2n) is 10.5. The molecule has 34 heavy (non-hydrogen) atoms. The number of hydrogen-bond acceptors (Lipinski definition) is 7. The molecule has 0 atom stereocenters. The number of nitrogens with one attached hydrogen (secondary N) is 3. The molecule has 3 N–H and O–H groups in total. The molecule has 1 aliphatic rings. The largest absolute Gasteiger partial charge is 0.443 e. The maximum absolute atomic E-state index is 12.9. The lowest BCUT2D eigenvalue weighted by Crippen LogP contribution is -2.39. The van der Waals surface area contributed by atoms with Gasteiger partial charge in [-0.05, 0) is 57.7 Å². The Balaban J connectivity index is 2.53. The Morgan fingerprint density at radius 3 is 2.18 bits per heavy atom. The van der Waals surface area contributed by atoms with Crippen LogP contribution in [-0.4, -0.2) is 52.8 Å². The molecule has 1 aromatic rings. The molecule has 0 saturated heterocycles. The summed E-state index contributed by atoms with van der Waals surface area (Å²) in [6, 6.07) is 0. The number of amides is 2. The molecule has 0 bridgehead atoms. The third kappa shape index (κ3) is 6.75. The SMILES string of the molecule is COCCN1CCc2c(C)c(NS(=O)(=O)NC(=O)OC(C)(C)C)c(C)c(NC(=O)C(C)(C)C)c21. The van der Waals surface area contributed by atoms with Crippen LogP contribution in [0, 0.1) is 19.3 Å². The number of benzene rings is 1. The summed E-state index contributed by atoms with van der Waals surface area (Å²) in [6.45, 7) is 15.8. The van der Waals surface area contributed by atoms with Crippen molar-refractivity contribution in [2.45, 2.75) is 67.4 Å². The predicted molar refractivity (Wildman–Crippen MR) is 134 cm³/mol. The van der Waals surface area contributed by atoms with Crippen molar-refractivity contribution in [2.75, 3.05) is 41.7 Å². The van der Waals surface area contributed by atoms with E-state index in [-0.39, 0.29) is 5.91 Å². The van der Waals surface area contributed by atoms with Crippen LogP contribution in [0.25, 0.3) is 0 Å². The fourth-order valence-electron chi connectivity index (χ4n) is 3.68. The van der Waals surface area contributed by atoms with E-state index in [1.165, 1.54) is 0 Å². The lowest BCUT2D eigenvalue weighted by molar-refractivity contribution is -0.123. The third-order valence-corrected chi connectivity index (χ3v) is 6.29. The molecule has 2 amide bonds. The van der Waals surface area contributed by atoms with Crippen LogP contribution in [0.4, 0.5) is 21.9 Å². The van der Waals surface area contributed by atoms with E-state index in [0.717, 1.165) is 16.8 Å². The molecule has 0 radical (unpaired) electrons. The van der Waals surface area contributed by atoms with Gasteiger partial charge in [-0.2, -0.15) is 8.42 Å². The Kier molecular flexibility index (Phi) is 8.14. The van der Waals surface area contributed by atoms with Crippen molar-refractivity contribution >= 4 is 39.3 Å². The molecule has 2 rings (SSSR count). The Morgan fingerprint density at radius 2 is 1.65 bits per heavy atom. The highest BCUT2D eigenvalue weighted by Gasteiger charge is 2.32. The van der Waals surface area contributed by atoms with E-state index in [2.05, 4.69) is 14.9 Å². The zero-order valence-electron chi connectivity index (χ0n) is 21.6. The van der Waals surface area contributed by atoms with Crippen molar-refractivity contribution in [1.82, 2.24) is 4.72 Å². The van der Waals surface area contributed by atoms with Crippen LogP contribution in [0.15, 0.2) is 0 Å². The summed E-state index contributed by atoms with van der Waals surface area (Å²) in [4.78, 5) is 27.1. The second-order valence-corrected chi connectivity index (χ2v) is 11.9. The normalized spacial score (nSPS) is 14.0. The summed E-state index contributed by atoms with van der Waals surface area (Å²) in [5.41, 5.74) is 2.43. The number of nitrogens with zero attached hydrogens (tertiary/aromatic N) is 1. The number of carbonyl (C=O) groups is 2. The number of hydrogen-bond donors (Lipinski definition) is 3. The molecule has 10 nitrogen and oxygen atoms in total. The fourth-order valence-corrected chi connectivity index (χ4v) is 4.56. The average Bonchev–Trinajstić information content (AvgIpc) is 3.07. The second kappa shape index (κ2) is 9.99. The lowest BCUT2D eigenvalue weighted by atomic mass is 9.94. The van der Waals surface area contributed by atoms with Gasteiger partial charge in [0.05, 0.1) is 23.7 Å². The summed E-state index contributed by atoms with van der Waals surface area (Å²) in [7, 11) is -2.66. The molecule has 192 valence electrons. The first kappa shape index (κ1) is 27.7. The number of methoxy groups -OCH3 is 1. The van der Waals surface area contributed by atoms with Crippen LogP contribution in [0.3, 0.4) is 0 Å². The Labute approximate surface area is 202 Å². The summed E-state index contributed by atoms with van der Waals surface area (Å²) in [6.07, 6.45) is -0.402. The fraction of sp³-hybridized carbons (Fsp3) is 0.652. The standard InChI is InChI=1S/C23H38N4O6S/c1-14-16-10-11-27(12-13-32-9)19(16)18(24-20(28)22(3,4)5)15(2)17(14)25-34(30,31)26-21(29)33-23(6,7)8/h25H,10-13H2,1-9H3,(H,24,28)(H,26,29). The smallest absolute Gasteiger partial charge is 0.422 e. The van der Waals surface area contributed by atoms with Gasteiger partial charge >= 0.3 is 16.3 Å². The van der Waals surface area contributed by atoms with E-state index in [1.807, 2.05) is 32.4 Å². The van der Waals surface area contributed by atoms with Gasteiger partial charge in [0.15, 0.2) is 0 Å². The van der Waals surface area contributed by atoms with Crippen molar-refractivity contribution < 1.29 is 27.5 Å². The van der Waals surface area contributed by atoms with Gasteiger partial charge in [-0.15, -0.1) is 0 Å². The quantitative estimate of drug-likeness (QED) is 0.525. The zero-order chi connectivity index (χ0) is 26.1. The van der Waals surface area contributed by atoms with E-state index in [0.29, 0.717) is 43.1 Å². The Morgan fingerprint density at radius 1 is 1.03 bits per heavy atom. The van der Waals surface area contributed by atoms with Gasteiger partial charge in [-0.25, -0.2) is 9.52 Å². The summed E-state index contributed by atoms with van der Waals surface area (Å²) < 4.78 is 40.2. The maximum Gasteiger partial charge on any atom is 0.422 e. The van der Waals surface area contributed by atoms with E-state index < -0.39 is 27.3 Å². The number of fused-ring (bicyclic) bond motifs is 1. The van der Waals surface area contributed by atoms with Crippen LogP contribution in [0.1, 0.15) is 58.2 Å². The molecule has 1 aliphatic heterocycles. The van der Waals surface area contributed by atoms with Crippen LogP contribution in [0.2, 0.25) is 0 Å². The highest BCUT2D eigenvalue weighted by molar-refractivity contribution is 7.91. The molecule has 0 fully saturated rings. The number of ether oxygens (including phenoxy) is 2. The monoisotopic (exact) mass is 498 g/mol. The van der Waals surface area contributed by atoms with Crippen LogP contribution in [-0.2, 0) is 30.9 Å². The minimum absolute atomic E-state index is 0.194. The van der Waals surface area contributed by atoms with E-state index in [1.54, 1.807) is 34.8 Å². The molecular weight excluding hydrogens is 460 g/mol. The number of rotatable bonds is 7. The molecule has 11 heteroatoms. The first-order valence-electron chi connectivity index (χ1n) is 11.2. The van der Waals surface area contributed by atoms with Gasteiger partial charge in [0.2, 0.25) is 5.91 Å². The first-order valence-corrected chi connectivity index (χ1v) is 12.7. The molecule has 0 aromatic heterocycles. The van der Waals surface area contributed by atoms with Gasteiger partial charge in [0, 0.05) is 25.6 Å². The van der Waals surface area contributed by atoms with Gasteiger partial charge < -0.3 is 19.7 Å². The van der Waals surface area contributed by atoms with Gasteiger partial charge in [0.25, 0.3) is 0 Å². The molecule has 0 spiro atoms. The highest BCUT2D eigenvalue weighted by Crippen LogP contribution is 2.45. The minimum atomic E-state index is -4.29. The number of carbonyl (C=O) groups excluding carboxylic acids is 2. The zero-order valence-corrected chi connectivity index (χ0v) is 22.4. The first-order chi connectivity index (χ1) is 15.5. The van der Waals surface area contributed by atoms with Crippen molar-refractivity contribution in [3.63, 3.8) is 0 Å². The van der Waals surface area contributed by atoms with E-state index in [4.69, 9.17) is 9.47 Å². The molecule has 0 saturated carbocycles. The van der Waals surface area contributed by atoms with Gasteiger partial charge in [0.1, 0.15) is 5.60 Å². The predicted octanol–water partition coefficient (Wildman–Crippen LogP) is 3.48. The van der Waals surface area contributed by atoms with E-state index >= 15 is 0 Å². The topological polar surface area (TPSA) is 126 Å². The molecule has 1 aromatic carbocycles. The van der Waals surface area contributed by atoms with E-state index in [9.17, 15) is 18.0 Å². The molecule has 0 unspecified atom stereocenters. The molecule has 1 heterocycles. The Bertz CT molecular complexity index is 1050. The summed E-state index contributed by atoms with van der Waals surface area (Å²) >= 11 is 0. The third-order valence-electron chi connectivity index (χ3n) is 5.39. The minimum Gasteiger partial charge on any atom is -0.443 e. The van der Waals surface area contributed by atoms with Gasteiger partial charge in [-0.1, -0.05) is 20.8 Å². The van der Waals surface area contributed by atoms with Gasteiger partial charge in [-0.3, -0.25) is 9.52 Å². The average molecular weight is 499 g/mol. The molecular formula is C23H38N4O6S.